The van der Waals surface area contributed by atoms with Crippen LogP contribution in [0.15, 0.2) is 36.9 Å². The lowest BCUT2D eigenvalue weighted by Gasteiger charge is -2.18. The molecule has 2 heterocycles. The molecule has 0 aliphatic carbocycles. The largest absolute Gasteiger partial charge is 0.496 e. The van der Waals surface area contributed by atoms with Crippen LogP contribution in [0.1, 0.15) is 12.0 Å². The minimum absolute atomic E-state index is 0.0117. The van der Waals surface area contributed by atoms with Gasteiger partial charge in [0.1, 0.15) is 18.4 Å². The molecule has 1 aromatic carbocycles. The normalized spacial score (nSPS) is 16.9. The molecular formula is C17H21N5O3. The molecule has 132 valence electrons. The van der Waals surface area contributed by atoms with Gasteiger partial charge in [-0.3, -0.25) is 14.3 Å². The fourth-order valence-electron chi connectivity index (χ4n) is 2.93. The number of carbonyl (C=O) groups excluding carboxylic acids is 2. The molecule has 1 fully saturated rings. The van der Waals surface area contributed by atoms with Crippen molar-refractivity contribution in [2.24, 2.45) is 5.92 Å². The second-order valence-corrected chi connectivity index (χ2v) is 5.94. The summed E-state index contributed by atoms with van der Waals surface area (Å²) in [6.45, 7) is 1.88. The van der Waals surface area contributed by atoms with E-state index in [4.69, 9.17) is 4.74 Å². The molecule has 0 spiro atoms. The van der Waals surface area contributed by atoms with E-state index in [0.717, 1.165) is 11.3 Å². The molecule has 25 heavy (non-hydrogen) atoms. The Kier molecular flexibility index (Phi) is 5.27. The van der Waals surface area contributed by atoms with Crippen LogP contribution in [0.5, 0.6) is 5.75 Å². The zero-order valence-electron chi connectivity index (χ0n) is 14.1. The molecule has 2 amide bonds. The SMILES string of the molecule is COc1ccccc1CN1CC(C(=O)NCCn2cncn2)CC1=O. The summed E-state index contributed by atoms with van der Waals surface area (Å²) in [5.41, 5.74) is 0.936. The Morgan fingerprint density at radius 1 is 1.40 bits per heavy atom. The summed E-state index contributed by atoms with van der Waals surface area (Å²) >= 11 is 0. The number of nitrogens with one attached hydrogen (secondary N) is 1. The van der Waals surface area contributed by atoms with E-state index in [2.05, 4.69) is 15.4 Å². The summed E-state index contributed by atoms with van der Waals surface area (Å²) in [5.74, 6) is 0.312. The van der Waals surface area contributed by atoms with Gasteiger partial charge in [-0.15, -0.1) is 0 Å². The van der Waals surface area contributed by atoms with Crippen LogP contribution in [0.3, 0.4) is 0 Å². The minimum atomic E-state index is -0.321. The summed E-state index contributed by atoms with van der Waals surface area (Å²) in [5, 5.41) is 6.84. The van der Waals surface area contributed by atoms with Gasteiger partial charge in [0.25, 0.3) is 0 Å². The van der Waals surface area contributed by atoms with Crippen molar-refractivity contribution in [2.45, 2.75) is 19.5 Å². The minimum Gasteiger partial charge on any atom is -0.496 e. The van der Waals surface area contributed by atoms with Gasteiger partial charge in [0.2, 0.25) is 11.8 Å². The molecule has 0 saturated carbocycles. The van der Waals surface area contributed by atoms with E-state index in [-0.39, 0.29) is 24.2 Å². The van der Waals surface area contributed by atoms with Crippen LogP contribution in [0.25, 0.3) is 0 Å². The van der Waals surface area contributed by atoms with Crippen molar-refractivity contribution in [3.8, 4) is 5.75 Å². The van der Waals surface area contributed by atoms with Crippen LogP contribution in [-0.4, -0.2) is 51.7 Å². The van der Waals surface area contributed by atoms with Gasteiger partial charge in [0.05, 0.1) is 19.6 Å². The molecule has 1 unspecified atom stereocenters. The highest BCUT2D eigenvalue weighted by Crippen LogP contribution is 2.24. The van der Waals surface area contributed by atoms with Gasteiger partial charge < -0.3 is 15.0 Å². The van der Waals surface area contributed by atoms with Gasteiger partial charge in [0, 0.05) is 31.6 Å². The molecule has 1 saturated heterocycles. The number of ether oxygens (including phenoxy) is 1. The van der Waals surface area contributed by atoms with E-state index in [0.29, 0.717) is 26.2 Å². The lowest BCUT2D eigenvalue weighted by molar-refractivity contribution is -0.129. The molecular weight excluding hydrogens is 322 g/mol. The summed E-state index contributed by atoms with van der Waals surface area (Å²) in [6, 6.07) is 7.59. The lowest BCUT2D eigenvalue weighted by atomic mass is 10.1. The molecule has 1 aliphatic rings. The van der Waals surface area contributed by atoms with Crippen molar-refractivity contribution in [1.82, 2.24) is 25.0 Å². The Bertz CT molecular complexity index is 732. The summed E-state index contributed by atoms with van der Waals surface area (Å²) in [6.07, 6.45) is 3.29. The second-order valence-electron chi connectivity index (χ2n) is 5.94. The van der Waals surface area contributed by atoms with Gasteiger partial charge in [-0.2, -0.15) is 5.10 Å². The van der Waals surface area contributed by atoms with Gasteiger partial charge in [0.15, 0.2) is 0 Å². The molecule has 1 aromatic heterocycles. The van der Waals surface area contributed by atoms with E-state index >= 15 is 0 Å². The molecule has 1 N–H and O–H groups in total. The Morgan fingerprint density at radius 3 is 3.00 bits per heavy atom. The van der Waals surface area contributed by atoms with E-state index in [1.807, 2.05) is 24.3 Å². The third-order valence-electron chi connectivity index (χ3n) is 4.25. The molecule has 1 atom stereocenters. The summed E-state index contributed by atoms with van der Waals surface area (Å²) in [4.78, 5) is 30.1. The van der Waals surface area contributed by atoms with Crippen molar-refractivity contribution in [3.05, 3.63) is 42.5 Å². The number of amides is 2. The first-order valence-corrected chi connectivity index (χ1v) is 8.17. The summed E-state index contributed by atoms with van der Waals surface area (Å²) < 4.78 is 6.97. The topological polar surface area (TPSA) is 89.3 Å². The van der Waals surface area contributed by atoms with Gasteiger partial charge in [-0.05, 0) is 6.07 Å². The number of methoxy groups -OCH3 is 1. The highest BCUT2D eigenvalue weighted by molar-refractivity contribution is 5.89. The third-order valence-corrected chi connectivity index (χ3v) is 4.25. The quantitative estimate of drug-likeness (QED) is 0.788. The molecule has 8 heteroatoms. The van der Waals surface area contributed by atoms with E-state index in [1.54, 1.807) is 23.0 Å². The molecule has 8 nitrogen and oxygen atoms in total. The first-order chi connectivity index (χ1) is 12.2. The zero-order valence-corrected chi connectivity index (χ0v) is 14.1. The van der Waals surface area contributed by atoms with Crippen LogP contribution in [0.2, 0.25) is 0 Å². The standard InChI is InChI=1S/C17H21N5O3/c1-25-15-5-3-2-4-13(15)9-21-10-14(8-16(21)23)17(24)19-6-7-22-12-18-11-20-22/h2-5,11-12,14H,6-10H2,1H3,(H,19,24). The van der Waals surface area contributed by atoms with E-state index < -0.39 is 0 Å². The predicted octanol–water partition coefficient (Wildman–Crippen LogP) is 0.452. The molecule has 3 rings (SSSR count). The Labute approximate surface area is 145 Å². The fourth-order valence-corrected chi connectivity index (χ4v) is 2.93. The van der Waals surface area contributed by atoms with Crippen molar-refractivity contribution < 1.29 is 14.3 Å². The molecule has 0 radical (unpaired) electrons. The average molecular weight is 343 g/mol. The van der Waals surface area contributed by atoms with Crippen molar-refractivity contribution in [3.63, 3.8) is 0 Å². The lowest BCUT2D eigenvalue weighted by Crippen LogP contribution is -2.34. The zero-order chi connectivity index (χ0) is 17.6. The van der Waals surface area contributed by atoms with E-state index in [9.17, 15) is 9.59 Å². The van der Waals surface area contributed by atoms with Gasteiger partial charge >= 0.3 is 0 Å². The first-order valence-electron chi connectivity index (χ1n) is 8.17. The van der Waals surface area contributed by atoms with Crippen molar-refractivity contribution >= 4 is 11.8 Å². The maximum atomic E-state index is 12.3. The van der Waals surface area contributed by atoms with Gasteiger partial charge in [-0.25, -0.2) is 4.98 Å². The maximum Gasteiger partial charge on any atom is 0.225 e. The number of carbonyl (C=O) groups is 2. The average Bonchev–Trinajstić information content (AvgIpc) is 3.26. The van der Waals surface area contributed by atoms with Gasteiger partial charge in [-0.1, -0.05) is 18.2 Å². The first kappa shape index (κ1) is 16.9. The molecule has 1 aliphatic heterocycles. The highest BCUT2D eigenvalue weighted by atomic mass is 16.5. The smallest absolute Gasteiger partial charge is 0.225 e. The van der Waals surface area contributed by atoms with Crippen LogP contribution in [0, 0.1) is 5.92 Å². The number of para-hydroxylation sites is 1. The van der Waals surface area contributed by atoms with Crippen LogP contribution < -0.4 is 10.1 Å². The number of aromatic nitrogens is 3. The number of likely N-dealkylation sites (tertiary alicyclic amines) is 1. The highest BCUT2D eigenvalue weighted by Gasteiger charge is 2.34. The molecule has 0 bridgehead atoms. The third kappa shape index (κ3) is 4.14. The van der Waals surface area contributed by atoms with Crippen LogP contribution in [0.4, 0.5) is 0 Å². The number of nitrogens with zero attached hydrogens (tertiary/aromatic N) is 4. The number of hydrogen-bond acceptors (Lipinski definition) is 5. The number of benzene rings is 1. The Hall–Kier alpha value is -2.90. The maximum absolute atomic E-state index is 12.3. The van der Waals surface area contributed by atoms with E-state index in [1.165, 1.54) is 6.33 Å². The number of hydrogen-bond donors (Lipinski definition) is 1. The second kappa shape index (κ2) is 7.78. The Balaban J connectivity index is 1.52. The van der Waals surface area contributed by atoms with Crippen molar-refractivity contribution in [1.29, 1.82) is 0 Å². The summed E-state index contributed by atoms with van der Waals surface area (Å²) in [7, 11) is 1.61. The fraction of sp³-hybridized carbons (Fsp3) is 0.412. The monoisotopic (exact) mass is 343 g/mol. The Morgan fingerprint density at radius 2 is 2.24 bits per heavy atom. The predicted molar refractivity (Wildman–Crippen MR) is 89.5 cm³/mol. The van der Waals surface area contributed by atoms with Crippen molar-refractivity contribution in [2.75, 3.05) is 20.2 Å². The molecule has 2 aromatic rings. The number of rotatable bonds is 7. The van der Waals surface area contributed by atoms with Crippen LogP contribution >= 0.6 is 0 Å². The van der Waals surface area contributed by atoms with Crippen LogP contribution in [-0.2, 0) is 22.7 Å².